The number of nitrogens with one attached hydrogen (secondary N) is 2. The topological polar surface area (TPSA) is 79.3 Å². The minimum Gasteiger partial charge on any atom is -0.352 e. The zero-order valence-corrected chi connectivity index (χ0v) is 14.3. The summed E-state index contributed by atoms with van der Waals surface area (Å²) < 4.78 is 2.04. The molecule has 2 saturated heterocycles. The van der Waals surface area contributed by atoms with Gasteiger partial charge in [0.15, 0.2) is 0 Å². The van der Waals surface area contributed by atoms with E-state index in [1.165, 1.54) is 0 Å². The number of fused-ring (bicyclic) bond motifs is 2. The Kier molecular flexibility index (Phi) is 3.73. The van der Waals surface area contributed by atoms with E-state index in [-0.39, 0.29) is 24.0 Å². The van der Waals surface area contributed by atoms with Crippen LogP contribution < -0.4 is 10.6 Å². The molecule has 0 unspecified atom stereocenters. The first-order chi connectivity index (χ1) is 11.5. The van der Waals surface area contributed by atoms with Gasteiger partial charge in [-0.15, -0.1) is 0 Å². The van der Waals surface area contributed by atoms with Crippen LogP contribution >= 0.6 is 0 Å². The SMILES string of the molecule is CC(C)Cn1ncc(NC(=O)N2[C@H]3CC[C@@H]2C(=O)NC3)c1C1CC1. The standard InChI is InChI=1S/C17H25N5O2/c1-10(2)9-21-15(11-3-4-11)13(8-19-21)20-17(24)22-12-5-6-14(22)16(23)18-7-12/h8,10-12,14H,3-7,9H2,1-2H3,(H,18,23)(H,20,24)/t12-,14+/m0/s1. The van der Waals surface area contributed by atoms with Crippen LogP contribution in [0.15, 0.2) is 6.20 Å². The maximum atomic E-state index is 12.8. The van der Waals surface area contributed by atoms with Gasteiger partial charge in [-0.25, -0.2) is 4.79 Å². The van der Waals surface area contributed by atoms with Crippen LogP contribution in [0.3, 0.4) is 0 Å². The maximum Gasteiger partial charge on any atom is 0.322 e. The summed E-state index contributed by atoms with van der Waals surface area (Å²) in [6, 6.07) is -0.370. The summed E-state index contributed by atoms with van der Waals surface area (Å²) >= 11 is 0. The lowest BCUT2D eigenvalue weighted by molar-refractivity contribution is -0.126. The molecule has 7 nitrogen and oxygen atoms in total. The molecular formula is C17H25N5O2. The Morgan fingerprint density at radius 2 is 2.17 bits per heavy atom. The Balaban J connectivity index is 1.54. The van der Waals surface area contributed by atoms with E-state index in [9.17, 15) is 9.59 Å². The molecule has 2 atom stereocenters. The molecule has 0 spiro atoms. The first-order valence-electron chi connectivity index (χ1n) is 8.97. The third-order valence-electron chi connectivity index (χ3n) is 5.18. The van der Waals surface area contributed by atoms with E-state index < -0.39 is 0 Å². The highest BCUT2D eigenvalue weighted by Crippen LogP contribution is 2.43. The molecule has 2 bridgehead atoms. The monoisotopic (exact) mass is 331 g/mol. The van der Waals surface area contributed by atoms with Gasteiger partial charge in [0.05, 0.1) is 23.6 Å². The molecule has 3 aliphatic rings. The largest absolute Gasteiger partial charge is 0.352 e. The maximum absolute atomic E-state index is 12.8. The van der Waals surface area contributed by atoms with Gasteiger partial charge < -0.3 is 15.5 Å². The zero-order valence-electron chi connectivity index (χ0n) is 14.3. The fraction of sp³-hybridized carbons (Fsp3) is 0.706. The quantitative estimate of drug-likeness (QED) is 0.884. The van der Waals surface area contributed by atoms with Crippen LogP contribution in [0.1, 0.15) is 51.1 Å². The summed E-state index contributed by atoms with van der Waals surface area (Å²) in [6.45, 7) is 5.76. The molecular weight excluding hydrogens is 306 g/mol. The number of amides is 3. The lowest BCUT2D eigenvalue weighted by Crippen LogP contribution is -2.58. The number of carbonyl (C=O) groups is 2. The van der Waals surface area contributed by atoms with Gasteiger partial charge in [0.2, 0.25) is 5.91 Å². The van der Waals surface area contributed by atoms with Crippen molar-refractivity contribution in [2.45, 2.75) is 64.1 Å². The molecule has 2 aliphatic heterocycles. The number of nitrogens with zero attached hydrogens (tertiary/aromatic N) is 3. The van der Waals surface area contributed by atoms with Crippen molar-refractivity contribution < 1.29 is 9.59 Å². The van der Waals surface area contributed by atoms with Gasteiger partial charge in [0, 0.05) is 19.0 Å². The van der Waals surface area contributed by atoms with Gasteiger partial charge in [0.1, 0.15) is 6.04 Å². The van der Waals surface area contributed by atoms with Crippen molar-refractivity contribution >= 4 is 17.6 Å². The summed E-state index contributed by atoms with van der Waals surface area (Å²) in [5, 5.41) is 10.4. The third kappa shape index (κ3) is 2.65. The highest BCUT2D eigenvalue weighted by Gasteiger charge is 2.44. The van der Waals surface area contributed by atoms with Crippen molar-refractivity contribution in [2.24, 2.45) is 5.92 Å². The first kappa shape index (κ1) is 15.5. The van der Waals surface area contributed by atoms with Crippen LogP contribution in [0, 0.1) is 5.92 Å². The predicted molar refractivity (Wildman–Crippen MR) is 89.7 cm³/mol. The minimum absolute atomic E-state index is 0.0307. The summed E-state index contributed by atoms with van der Waals surface area (Å²) in [5.74, 6) is 0.979. The normalized spacial score (nSPS) is 26.0. The smallest absolute Gasteiger partial charge is 0.322 e. The minimum atomic E-state index is -0.321. The Bertz CT molecular complexity index is 664. The van der Waals surface area contributed by atoms with E-state index in [0.717, 1.165) is 43.6 Å². The van der Waals surface area contributed by atoms with Crippen molar-refractivity contribution in [3.05, 3.63) is 11.9 Å². The molecule has 24 heavy (non-hydrogen) atoms. The van der Waals surface area contributed by atoms with E-state index in [1.807, 2.05) is 4.68 Å². The van der Waals surface area contributed by atoms with Gasteiger partial charge in [-0.3, -0.25) is 9.48 Å². The van der Waals surface area contributed by atoms with Crippen molar-refractivity contribution in [1.82, 2.24) is 20.0 Å². The van der Waals surface area contributed by atoms with Gasteiger partial charge >= 0.3 is 6.03 Å². The van der Waals surface area contributed by atoms with Crippen LogP contribution in [0.2, 0.25) is 0 Å². The highest BCUT2D eigenvalue weighted by atomic mass is 16.2. The number of anilines is 1. The van der Waals surface area contributed by atoms with E-state index >= 15 is 0 Å². The molecule has 130 valence electrons. The molecule has 3 amide bonds. The molecule has 1 aromatic heterocycles. The number of hydrogen-bond acceptors (Lipinski definition) is 3. The second-order valence-electron chi connectivity index (χ2n) is 7.62. The molecule has 0 radical (unpaired) electrons. The molecule has 1 aliphatic carbocycles. The van der Waals surface area contributed by atoms with Crippen molar-refractivity contribution in [3.63, 3.8) is 0 Å². The lowest BCUT2D eigenvalue weighted by Gasteiger charge is -2.34. The van der Waals surface area contributed by atoms with Crippen LogP contribution in [0.25, 0.3) is 0 Å². The van der Waals surface area contributed by atoms with Crippen molar-refractivity contribution in [2.75, 3.05) is 11.9 Å². The second-order valence-corrected chi connectivity index (χ2v) is 7.62. The van der Waals surface area contributed by atoms with Gasteiger partial charge in [0.25, 0.3) is 0 Å². The number of hydrogen-bond donors (Lipinski definition) is 2. The number of carbonyl (C=O) groups excluding carboxylic acids is 2. The van der Waals surface area contributed by atoms with Gasteiger partial charge in [-0.1, -0.05) is 13.8 Å². The Morgan fingerprint density at radius 1 is 1.38 bits per heavy atom. The number of aromatic nitrogens is 2. The van der Waals surface area contributed by atoms with Gasteiger partial charge in [-0.2, -0.15) is 5.10 Å². The molecule has 1 saturated carbocycles. The van der Waals surface area contributed by atoms with E-state index in [2.05, 4.69) is 29.6 Å². The average molecular weight is 331 g/mol. The third-order valence-corrected chi connectivity index (χ3v) is 5.18. The zero-order chi connectivity index (χ0) is 16.8. The summed E-state index contributed by atoms with van der Waals surface area (Å²) in [7, 11) is 0. The molecule has 3 heterocycles. The number of rotatable bonds is 4. The first-order valence-corrected chi connectivity index (χ1v) is 8.97. The Hall–Kier alpha value is -2.05. The van der Waals surface area contributed by atoms with Crippen molar-refractivity contribution in [3.8, 4) is 0 Å². The second kappa shape index (κ2) is 5.79. The molecule has 3 fully saturated rings. The van der Waals surface area contributed by atoms with Crippen LogP contribution in [-0.4, -0.2) is 45.2 Å². The Labute approximate surface area is 141 Å². The van der Waals surface area contributed by atoms with E-state index in [4.69, 9.17) is 0 Å². The van der Waals surface area contributed by atoms with Crippen LogP contribution in [-0.2, 0) is 11.3 Å². The molecule has 4 rings (SSSR count). The lowest BCUT2D eigenvalue weighted by atomic mass is 10.2. The van der Waals surface area contributed by atoms with E-state index in [1.54, 1.807) is 11.1 Å². The molecule has 1 aromatic rings. The molecule has 2 N–H and O–H groups in total. The fourth-order valence-electron chi connectivity index (χ4n) is 3.93. The van der Waals surface area contributed by atoms with Gasteiger partial charge in [-0.05, 0) is 31.6 Å². The Morgan fingerprint density at radius 3 is 2.88 bits per heavy atom. The average Bonchev–Trinajstić information content (AvgIpc) is 3.20. The predicted octanol–water partition coefficient (Wildman–Crippen LogP) is 1.91. The van der Waals surface area contributed by atoms with Crippen LogP contribution in [0.4, 0.5) is 10.5 Å². The number of urea groups is 1. The summed E-state index contributed by atoms with van der Waals surface area (Å²) in [5.41, 5.74) is 1.96. The number of piperazine rings is 1. The summed E-state index contributed by atoms with van der Waals surface area (Å²) in [6.07, 6.45) is 5.72. The summed E-state index contributed by atoms with van der Waals surface area (Å²) in [4.78, 5) is 26.5. The van der Waals surface area contributed by atoms with Crippen molar-refractivity contribution in [1.29, 1.82) is 0 Å². The van der Waals surface area contributed by atoms with E-state index in [0.29, 0.717) is 18.4 Å². The molecule has 7 heteroatoms. The fourth-order valence-corrected chi connectivity index (χ4v) is 3.93. The van der Waals surface area contributed by atoms with Crippen LogP contribution in [0.5, 0.6) is 0 Å². The highest BCUT2D eigenvalue weighted by molar-refractivity contribution is 5.95. The molecule has 0 aromatic carbocycles.